The molecule has 4 rings (SSSR count). The molecule has 0 unspecified atom stereocenters. The SMILES string of the molecule is CCc1ccc(NC(=O)[C@@H](C)n2nnc3sc4c(c3c2=O)CC[C@@H](C)C4)cc1. The molecule has 0 saturated carbocycles. The van der Waals surface area contributed by atoms with Crippen molar-refractivity contribution in [1.82, 2.24) is 15.0 Å². The summed E-state index contributed by atoms with van der Waals surface area (Å²) in [5, 5.41) is 11.8. The number of fused-ring (bicyclic) bond motifs is 3. The predicted molar refractivity (Wildman–Crippen MR) is 112 cm³/mol. The number of hydrogen-bond donors (Lipinski definition) is 1. The molecule has 0 saturated heterocycles. The first-order valence-electron chi connectivity index (χ1n) is 9.77. The van der Waals surface area contributed by atoms with Gasteiger partial charge in [0.2, 0.25) is 5.91 Å². The van der Waals surface area contributed by atoms with E-state index in [4.69, 9.17) is 0 Å². The molecule has 0 radical (unpaired) electrons. The van der Waals surface area contributed by atoms with E-state index in [1.54, 1.807) is 18.3 Å². The molecule has 1 aliphatic rings. The van der Waals surface area contributed by atoms with E-state index in [1.807, 2.05) is 24.3 Å². The van der Waals surface area contributed by atoms with Crippen molar-refractivity contribution in [1.29, 1.82) is 0 Å². The molecule has 0 aliphatic heterocycles. The molecule has 1 amide bonds. The molecule has 1 aromatic carbocycles. The van der Waals surface area contributed by atoms with Crippen LogP contribution in [0.5, 0.6) is 0 Å². The number of nitrogens with zero attached hydrogens (tertiary/aromatic N) is 3. The van der Waals surface area contributed by atoms with Gasteiger partial charge in [-0.15, -0.1) is 16.4 Å². The van der Waals surface area contributed by atoms with Gasteiger partial charge in [-0.3, -0.25) is 9.59 Å². The molecule has 1 aliphatic carbocycles. The maximum atomic E-state index is 13.1. The minimum absolute atomic E-state index is 0.221. The van der Waals surface area contributed by atoms with Crippen LogP contribution in [0.15, 0.2) is 29.1 Å². The molecule has 146 valence electrons. The van der Waals surface area contributed by atoms with Crippen molar-refractivity contribution in [2.75, 3.05) is 5.32 Å². The van der Waals surface area contributed by atoms with Gasteiger partial charge in [0, 0.05) is 10.6 Å². The number of aromatic nitrogens is 3. The molecule has 2 aromatic heterocycles. The number of benzene rings is 1. The van der Waals surface area contributed by atoms with Gasteiger partial charge in [0.05, 0.1) is 5.39 Å². The summed E-state index contributed by atoms with van der Waals surface area (Å²) in [5.74, 6) is 0.345. The van der Waals surface area contributed by atoms with Gasteiger partial charge in [-0.25, -0.2) is 0 Å². The average molecular weight is 397 g/mol. The third kappa shape index (κ3) is 3.35. The largest absolute Gasteiger partial charge is 0.324 e. The van der Waals surface area contributed by atoms with Crippen LogP contribution in [0.1, 0.15) is 49.2 Å². The first-order valence-corrected chi connectivity index (χ1v) is 10.6. The highest BCUT2D eigenvalue weighted by Crippen LogP contribution is 2.35. The summed E-state index contributed by atoms with van der Waals surface area (Å²) in [4.78, 5) is 27.7. The van der Waals surface area contributed by atoms with Crippen molar-refractivity contribution < 1.29 is 4.79 Å². The molecular formula is C21H24N4O2S. The second-order valence-corrected chi connectivity index (χ2v) is 8.67. The van der Waals surface area contributed by atoms with Gasteiger partial charge >= 0.3 is 0 Å². The second-order valence-electron chi connectivity index (χ2n) is 7.59. The molecular weight excluding hydrogens is 372 g/mol. The lowest BCUT2D eigenvalue weighted by molar-refractivity contribution is -0.119. The van der Waals surface area contributed by atoms with E-state index in [1.165, 1.54) is 15.1 Å². The Balaban J connectivity index is 1.63. The lowest BCUT2D eigenvalue weighted by Crippen LogP contribution is -2.34. The Hall–Kier alpha value is -2.54. The Morgan fingerprint density at radius 3 is 2.82 bits per heavy atom. The molecule has 6 nitrogen and oxygen atoms in total. The van der Waals surface area contributed by atoms with Crippen LogP contribution >= 0.6 is 11.3 Å². The lowest BCUT2D eigenvalue weighted by atomic mass is 9.89. The highest BCUT2D eigenvalue weighted by atomic mass is 32.1. The molecule has 3 aromatic rings. The molecule has 7 heteroatoms. The highest BCUT2D eigenvalue weighted by Gasteiger charge is 2.26. The van der Waals surface area contributed by atoms with Gasteiger partial charge in [-0.05, 0) is 61.8 Å². The van der Waals surface area contributed by atoms with Gasteiger partial charge in [0.1, 0.15) is 6.04 Å². The lowest BCUT2D eigenvalue weighted by Gasteiger charge is -2.17. The van der Waals surface area contributed by atoms with E-state index < -0.39 is 6.04 Å². The first kappa shape index (κ1) is 18.8. The van der Waals surface area contributed by atoms with Crippen LogP contribution in [0.25, 0.3) is 10.2 Å². The van der Waals surface area contributed by atoms with Crippen LogP contribution in [0.3, 0.4) is 0 Å². The Morgan fingerprint density at radius 2 is 2.11 bits per heavy atom. The molecule has 1 N–H and O–H groups in total. The highest BCUT2D eigenvalue weighted by molar-refractivity contribution is 7.18. The Labute approximate surface area is 167 Å². The van der Waals surface area contributed by atoms with Crippen molar-refractivity contribution in [3.05, 3.63) is 50.6 Å². The number of hydrogen-bond acceptors (Lipinski definition) is 5. The van der Waals surface area contributed by atoms with E-state index in [-0.39, 0.29) is 11.5 Å². The van der Waals surface area contributed by atoms with E-state index in [0.717, 1.165) is 31.2 Å². The van der Waals surface area contributed by atoms with Crippen LogP contribution in [0.4, 0.5) is 5.69 Å². The van der Waals surface area contributed by atoms with Gasteiger partial charge in [-0.1, -0.05) is 31.2 Å². The fourth-order valence-corrected chi connectivity index (χ4v) is 5.02. The third-order valence-electron chi connectivity index (χ3n) is 5.52. The van der Waals surface area contributed by atoms with Gasteiger partial charge in [0.15, 0.2) is 4.83 Å². The number of carbonyl (C=O) groups excluding carboxylic acids is 1. The predicted octanol–water partition coefficient (Wildman–Crippen LogP) is 3.74. The van der Waals surface area contributed by atoms with E-state index >= 15 is 0 Å². The number of anilines is 1. The zero-order valence-electron chi connectivity index (χ0n) is 16.4. The number of carbonyl (C=O) groups is 1. The third-order valence-corrected chi connectivity index (χ3v) is 6.66. The number of nitrogens with one attached hydrogen (secondary N) is 1. The van der Waals surface area contributed by atoms with Gasteiger partial charge in [-0.2, -0.15) is 4.68 Å². The minimum Gasteiger partial charge on any atom is -0.324 e. The Kier molecular flexibility index (Phi) is 5.02. The van der Waals surface area contributed by atoms with Crippen LogP contribution < -0.4 is 10.9 Å². The monoisotopic (exact) mass is 396 g/mol. The van der Waals surface area contributed by atoms with Crippen LogP contribution in [-0.4, -0.2) is 20.9 Å². The molecule has 2 atom stereocenters. The van der Waals surface area contributed by atoms with Crippen molar-refractivity contribution in [3.8, 4) is 0 Å². The molecule has 28 heavy (non-hydrogen) atoms. The molecule has 2 heterocycles. The number of amides is 1. The van der Waals surface area contributed by atoms with Gasteiger partial charge in [0.25, 0.3) is 5.56 Å². The summed E-state index contributed by atoms with van der Waals surface area (Å²) < 4.78 is 1.21. The second kappa shape index (κ2) is 7.47. The molecule has 0 spiro atoms. The normalized spacial score (nSPS) is 17.3. The summed E-state index contributed by atoms with van der Waals surface area (Å²) >= 11 is 1.57. The average Bonchev–Trinajstić information content (AvgIpc) is 3.06. The summed E-state index contributed by atoms with van der Waals surface area (Å²) in [7, 11) is 0. The maximum absolute atomic E-state index is 13.1. The summed E-state index contributed by atoms with van der Waals surface area (Å²) in [6.45, 7) is 6.00. The Bertz CT molecular complexity index is 1080. The molecule has 0 fully saturated rings. The molecule has 0 bridgehead atoms. The maximum Gasteiger partial charge on any atom is 0.279 e. The smallest absolute Gasteiger partial charge is 0.279 e. The topological polar surface area (TPSA) is 76.9 Å². The fraction of sp³-hybridized carbons (Fsp3) is 0.429. The van der Waals surface area contributed by atoms with Gasteiger partial charge < -0.3 is 5.32 Å². The van der Waals surface area contributed by atoms with Crippen molar-refractivity contribution >= 4 is 33.1 Å². The summed E-state index contributed by atoms with van der Waals surface area (Å²) in [6, 6.07) is 6.97. The minimum atomic E-state index is -0.742. The zero-order chi connectivity index (χ0) is 19.8. The van der Waals surface area contributed by atoms with Crippen molar-refractivity contribution in [3.63, 3.8) is 0 Å². The zero-order valence-corrected chi connectivity index (χ0v) is 17.2. The summed E-state index contributed by atoms with van der Waals surface area (Å²) in [6.07, 6.45) is 3.89. The standard InChI is InChI=1S/C21H24N4O2S/c1-4-14-6-8-15(9-7-14)22-19(26)13(3)25-21(27)18-16-10-5-12(2)11-17(16)28-20(18)23-24-25/h6-9,12-13H,4-5,10-11H2,1-3H3,(H,22,26)/t12-,13-/m1/s1. The van der Waals surface area contributed by atoms with E-state index in [0.29, 0.717) is 21.8 Å². The number of thiophene rings is 1. The fourth-order valence-electron chi connectivity index (χ4n) is 3.71. The summed E-state index contributed by atoms with van der Waals surface area (Å²) in [5.41, 5.74) is 2.80. The van der Waals surface area contributed by atoms with Crippen LogP contribution in [-0.2, 0) is 24.1 Å². The number of rotatable bonds is 4. The van der Waals surface area contributed by atoms with E-state index in [9.17, 15) is 9.59 Å². The van der Waals surface area contributed by atoms with Crippen LogP contribution in [0.2, 0.25) is 0 Å². The Morgan fingerprint density at radius 1 is 1.36 bits per heavy atom. The first-order chi connectivity index (χ1) is 13.5. The quantitative estimate of drug-likeness (QED) is 0.729. The van der Waals surface area contributed by atoms with Crippen molar-refractivity contribution in [2.45, 2.75) is 52.5 Å². The van der Waals surface area contributed by atoms with E-state index in [2.05, 4.69) is 29.5 Å². The van der Waals surface area contributed by atoms with Crippen LogP contribution in [0, 0.1) is 5.92 Å². The number of aryl methyl sites for hydroxylation is 2. The van der Waals surface area contributed by atoms with Crippen molar-refractivity contribution in [2.24, 2.45) is 5.92 Å².